The van der Waals surface area contributed by atoms with E-state index in [0.717, 1.165) is 26.1 Å². The second-order valence-corrected chi connectivity index (χ2v) is 4.23. The van der Waals surface area contributed by atoms with Crippen LogP contribution >= 0.6 is 0 Å². The molecular formula is C10H18N2O. The van der Waals surface area contributed by atoms with Crippen LogP contribution in [0.1, 0.15) is 32.6 Å². The SMILES string of the molecule is CCC(=O)N1CCCNC2(CC2)C1. The molecule has 1 N–H and O–H groups in total. The molecule has 2 fully saturated rings. The maximum atomic E-state index is 11.5. The molecule has 0 radical (unpaired) electrons. The van der Waals surface area contributed by atoms with E-state index >= 15 is 0 Å². The van der Waals surface area contributed by atoms with Crippen molar-refractivity contribution < 1.29 is 4.79 Å². The highest BCUT2D eigenvalue weighted by Gasteiger charge is 2.44. The van der Waals surface area contributed by atoms with Gasteiger partial charge in [0, 0.05) is 25.0 Å². The fourth-order valence-electron chi connectivity index (χ4n) is 2.05. The molecule has 74 valence electrons. The second-order valence-electron chi connectivity index (χ2n) is 4.23. The molecule has 1 heterocycles. The molecule has 1 saturated carbocycles. The summed E-state index contributed by atoms with van der Waals surface area (Å²) in [5, 5.41) is 3.55. The summed E-state index contributed by atoms with van der Waals surface area (Å²) in [5.74, 6) is 0.315. The smallest absolute Gasteiger partial charge is 0.222 e. The van der Waals surface area contributed by atoms with Gasteiger partial charge in [0.25, 0.3) is 0 Å². The van der Waals surface area contributed by atoms with E-state index in [9.17, 15) is 4.79 Å². The molecule has 1 spiro atoms. The van der Waals surface area contributed by atoms with Crippen LogP contribution in [-0.2, 0) is 4.79 Å². The van der Waals surface area contributed by atoms with Crippen molar-refractivity contribution in [2.45, 2.75) is 38.1 Å². The van der Waals surface area contributed by atoms with E-state index in [1.165, 1.54) is 12.8 Å². The van der Waals surface area contributed by atoms with Gasteiger partial charge in [-0.25, -0.2) is 0 Å². The van der Waals surface area contributed by atoms with Gasteiger partial charge in [-0.2, -0.15) is 0 Å². The van der Waals surface area contributed by atoms with Crippen LogP contribution in [0, 0.1) is 0 Å². The van der Waals surface area contributed by atoms with E-state index in [1.54, 1.807) is 0 Å². The molecule has 3 heteroatoms. The molecular weight excluding hydrogens is 164 g/mol. The molecule has 2 aliphatic rings. The van der Waals surface area contributed by atoms with Crippen molar-refractivity contribution in [3.05, 3.63) is 0 Å². The first-order valence-electron chi connectivity index (χ1n) is 5.29. The number of nitrogens with one attached hydrogen (secondary N) is 1. The minimum absolute atomic E-state index is 0.315. The Morgan fingerprint density at radius 1 is 1.54 bits per heavy atom. The van der Waals surface area contributed by atoms with Gasteiger partial charge in [-0.15, -0.1) is 0 Å². The molecule has 3 nitrogen and oxygen atoms in total. The van der Waals surface area contributed by atoms with Crippen LogP contribution in [0.15, 0.2) is 0 Å². The van der Waals surface area contributed by atoms with Crippen LogP contribution in [0.5, 0.6) is 0 Å². The summed E-state index contributed by atoms with van der Waals surface area (Å²) in [6.07, 6.45) is 4.25. The molecule has 0 aromatic rings. The lowest BCUT2D eigenvalue weighted by molar-refractivity contribution is -0.131. The first-order valence-corrected chi connectivity index (χ1v) is 5.29. The summed E-state index contributed by atoms with van der Waals surface area (Å²) in [6.45, 7) is 4.91. The van der Waals surface area contributed by atoms with Gasteiger partial charge in [0.05, 0.1) is 0 Å². The van der Waals surface area contributed by atoms with Crippen molar-refractivity contribution in [2.24, 2.45) is 0 Å². The van der Waals surface area contributed by atoms with Crippen molar-refractivity contribution in [2.75, 3.05) is 19.6 Å². The molecule has 2 rings (SSSR count). The molecule has 1 saturated heterocycles. The normalized spacial score (nSPS) is 25.8. The number of amides is 1. The van der Waals surface area contributed by atoms with E-state index in [2.05, 4.69) is 5.32 Å². The summed E-state index contributed by atoms with van der Waals surface area (Å²) in [5.41, 5.74) is 0.321. The minimum atomic E-state index is 0.315. The third-order valence-corrected chi connectivity index (χ3v) is 3.11. The third-order valence-electron chi connectivity index (χ3n) is 3.11. The molecule has 1 amide bonds. The van der Waals surface area contributed by atoms with Crippen LogP contribution in [0.25, 0.3) is 0 Å². The number of hydrogen-bond acceptors (Lipinski definition) is 2. The first-order chi connectivity index (χ1) is 6.26. The first kappa shape index (κ1) is 9.00. The molecule has 0 bridgehead atoms. The Morgan fingerprint density at radius 2 is 2.31 bits per heavy atom. The Kier molecular flexibility index (Phi) is 2.28. The number of carbonyl (C=O) groups excluding carboxylic acids is 1. The maximum absolute atomic E-state index is 11.5. The quantitative estimate of drug-likeness (QED) is 0.649. The van der Waals surface area contributed by atoms with Crippen molar-refractivity contribution in [3.63, 3.8) is 0 Å². The van der Waals surface area contributed by atoms with Gasteiger partial charge >= 0.3 is 0 Å². The molecule has 13 heavy (non-hydrogen) atoms. The molecule has 1 aliphatic carbocycles. The van der Waals surface area contributed by atoms with Gasteiger partial charge in [-0.05, 0) is 25.8 Å². The van der Waals surface area contributed by atoms with Crippen LogP contribution in [0.3, 0.4) is 0 Å². The van der Waals surface area contributed by atoms with Gasteiger partial charge in [-0.3, -0.25) is 4.79 Å². The molecule has 0 aromatic heterocycles. The van der Waals surface area contributed by atoms with Crippen LogP contribution in [0.2, 0.25) is 0 Å². The zero-order chi connectivity index (χ0) is 9.31. The van der Waals surface area contributed by atoms with E-state index in [0.29, 0.717) is 17.9 Å². The standard InChI is InChI=1S/C10H18N2O/c1-2-9(13)12-7-3-6-11-10(8-12)4-5-10/h11H,2-8H2,1H3. The fourth-order valence-corrected chi connectivity index (χ4v) is 2.05. The summed E-state index contributed by atoms with van der Waals surface area (Å²) in [7, 11) is 0. The van der Waals surface area contributed by atoms with Gasteiger partial charge in [0.2, 0.25) is 5.91 Å². The summed E-state index contributed by atoms with van der Waals surface area (Å²) in [4.78, 5) is 13.6. The Hall–Kier alpha value is -0.570. The zero-order valence-electron chi connectivity index (χ0n) is 8.31. The van der Waals surface area contributed by atoms with E-state index in [-0.39, 0.29) is 0 Å². The lowest BCUT2D eigenvalue weighted by atomic mass is 10.2. The third kappa shape index (κ3) is 1.85. The van der Waals surface area contributed by atoms with Crippen LogP contribution in [-0.4, -0.2) is 36.0 Å². The van der Waals surface area contributed by atoms with Gasteiger partial charge in [0.15, 0.2) is 0 Å². The van der Waals surface area contributed by atoms with Gasteiger partial charge < -0.3 is 10.2 Å². The second kappa shape index (κ2) is 3.29. The predicted molar refractivity (Wildman–Crippen MR) is 51.5 cm³/mol. The molecule has 1 aliphatic heterocycles. The maximum Gasteiger partial charge on any atom is 0.222 e. The molecule has 0 aromatic carbocycles. The number of rotatable bonds is 1. The van der Waals surface area contributed by atoms with Gasteiger partial charge in [0.1, 0.15) is 0 Å². The monoisotopic (exact) mass is 182 g/mol. The Bertz CT molecular complexity index is 211. The lowest BCUT2D eigenvalue weighted by Gasteiger charge is -2.23. The largest absolute Gasteiger partial charge is 0.341 e. The van der Waals surface area contributed by atoms with E-state index in [4.69, 9.17) is 0 Å². The zero-order valence-corrected chi connectivity index (χ0v) is 8.31. The molecule has 0 unspecified atom stereocenters. The predicted octanol–water partition coefficient (Wildman–Crippen LogP) is 0.751. The average Bonchev–Trinajstić information content (AvgIpc) is 2.93. The van der Waals surface area contributed by atoms with Crippen LogP contribution in [0.4, 0.5) is 0 Å². The Labute approximate surface area is 79.5 Å². The fraction of sp³-hybridized carbons (Fsp3) is 0.900. The molecule has 0 atom stereocenters. The van der Waals surface area contributed by atoms with Crippen molar-refractivity contribution in [1.82, 2.24) is 10.2 Å². The number of nitrogens with zero attached hydrogens (tertiary/aromatic N) is 1. The lowest BCUT2D eigenvalue weighted by Crippen LogP contribution is -2.42. The topological polar surface area (TPSA) is 32.3 Å². The number of carbonyl (C=O) groups is 1. The van der Waals surface area contributed by atoms with E-state index < -0.39 is 0 Å². The highest BCUT2D eigenvalue weighted by Crippen LogP contribution is 2.37. The minimum Gasteiger partial charge on any atom is -0.341 e. The number of hydrogen-bond donors (Lipinski definition) is 1. The van der Waals surface area contributed by atoms with Gasteiger partial charge in [-0.1, -0.05) is 6.92 Å². The summed E-state index contributed by atoms with van der Waals surface area (Å²) < 4.78 is 0. The Morgan fingerprint density at radius 3 is 2.92 bits per heavy atom. The summed E-state index contributed by atoms with van der Waals surface area (Å²) >= 11 is 0. The summed E-state index contributed by atoms with van der Waals surface area (Å²) in [6, 6.07) is 0. The highest BCUT2D eigenvalue weighted by atomic mass is 16.2. The van der Waals surface area contributed by atoms with E-state index in [1.807, 2.05) is 11.8 Å². The van der Waals surface area contributed by atoms with Crippen molar-refractivity contribution in [1.29, 1.82) is 0 Å². The Balaban J connectivity index is 1.98. The van der Waals surface area contributed by atoms with Crippen molar-refractivity contribution >= 4 is 5.91 Å². The van der Waals surface area contributed by atoms with Crippen molar-refractivity contribution in [3.8, 4) is 0 Å². The van der Waals surface area contributed by atoms with Crippen LogP contribution < -0.4 is 5.32 Å². The highest BCUT2D eigenvalue weighted by molar-refractivity contribution is 5.76. The average molecular weight is 182 g/mol.